The second-order valence-corrected chi connectivity index (χ2v) is 3.76. The van der Waals surface area contributed by atoms with E-state index < -0.39 is 0 Å². The molecule has 0 amide bonds. The zero-order valence-electron chi connectivity index (χ0n) is 8.43. The molecule has 0 saturated carbocycles. The summed E-state index contributed by atoms with van der Waals surface area (Å²) in [6, 6.07) is 0.557. The van der Waals surface area contributed by atoms with Crippen molar-refractivity contribution in [1.82, 2.24) is 5.32 Å². The molecule has 1 N–H and O–H groups in total. The standard InChI is InChI=1S/C10H20N2/c1-4-11-9(3)10-6-5-8(2)7-12-10/h8,10,12H,4-7H2,1-3H3. The Morgan fingerprint density at radius 1 is 1.50 bits per heavy atom. The lowest BCUT2D eigenvalue weighted by Crippen LogP contribution is -2.42. The van der Waals surface area contributed by atoms with Gasteiger partial charge in [-0.05, 0) is 39.2 Å². The summed E-state index contributed by atoms with van der Waals surface area (Å²) in [7, 11) is 0. The topological polar surface area (TPSA) is 24.4 Å². The molecule has 0 bridgehead atoms. The van der Waals surface area contributed by atoms with Crippen LogP contribution in [0.2, 0.25) is 0 Å². The van der Waals surface area contributed by atoms with Crippen LogP contribution < -0.4 is 5.32 Å². The first kappa shape index (κ1) is 9.72. The highest BCUT2D eigenvalue weighted by molar-refractivity contribution is 5.87. The molecule has 0 aromatic carbocycles. The molecule has 1 saturated heterocycles. The predicted octanol–water partition coefficient (Wildman–Crippen LogP) is 1.86. The van der Waals surface area contributed by atoms with Gasteiger partial charge in [-0.25, -0.2) is 0 Å². The normalized spacial score (nSPS) is 32.1. The van der Waals surface area contributed by atoms with Gasteiger partial charge in [0.2, 0.25) is 0 Å². The summed E-state index contributed by atoms with van der Waals surface area (Å²) in [6.45, 7) is 8.60. The van der Waals surface area contributed by atoms with Crippen LogP contribution in [-0.2, 0) is 0 Å². The number of aliphatic imine (C=N–C) groups is 1. The second kappa shape index (κ2) is 4.61. The van der Waals surface area contributed by atoms with Crippen LogP contribution in [0, 0.1) is 5.92 Å². The molecule has 70 valence electrons. The summed E-state index contributed by atoms with van der Waals surface area (Å²) < 4.78 is 0. The molecular weight excluding hydrogens is 148 g/mol. The smallest absolute Gasteiger partial charge is 0.0448 e. The summed E-state index contributed by atoms with van der Waals surface area (Å²) in [5, 5.41) is 3.52. The number of hydrogen-bond acceptors (Lipinski definition) is 2. The highest BCUT2D eigenvalue weighted by atomic mass is 15.0. The third-order valence-electron chi connectivity index (χ3n) is 2.57. The molecular formula is C10H20N2. The Balaban J connectivity index is 2.39. The first-order chi connectivity index (χ1) is 5.74. The zero-order chi connectivity index (χ0) is 8.97. The monoisotopic (exact) mass is 168 g/mol. The lowest BCUT2D eigenvalue weighted by atomic mass is 9.94. The van der Waals surface area contributed by atoms with Crippen LogP contribution in [0.1, 0.15) is 33.6 Å². The third-order valence-corrected chi connectivity index (χ3v) is 2.57. The molecule has 1 aliphatic rings. The fraction of sp³-hybridized carbons (Fsp3) is 0.900. The minimum absolute atomic E-state index is 0.557. The summed E-state index contributed by atoms with van der Waals surface area (Å²) >= 11 is 0. The van der Waals surface area contributed by atoms with Gasteiger partial charge < -0.3 is 5.32 Å². The summed E-state index contributed by atoms with van der Waals surface area (Å²) in [6.07, 6.45) is 2.60. The molecule has 2 nitrogen and oxygen atoms in total. The maximum atomic E-state index is 4.43. The molecule has 2 unspecified atom stereocenters. The van der Waals surface area contributed by atoms with Gasteiger partial charge in [0, 0.05) is 18.3 Å². The average molecular weight is 168 g/mol. The van der Waals surface area contributed by atoms with Gasteiger partial charge in [0.05, 0.1) is 0 Å². The molecule has 0 radical (unpaired) electrons. The van der Waals surface area contributed by atoms with Crippen LogP contribution in [0.15, 0.2) is 4.99 Å². The van der Waals surface area contributed by atoms with Crippen LogP contribution in [-0.4, -0.2) is 24.8 Å². The maximum absolute atomic E-state index is 4.43. The Morgan fingerprint density at radius 2 is 2.25 bits per heavy atom. The zero-order valence-corrected chi connectivity index (χ0v) is 8.43. The largest absolute Gasteiger partial charge is 0.309 e. The van der Waals surface area contributed by atoms with E-state index >= 15 is 0 Å². The lowest BCUT2D eigenvalue weighted by molar-refractivity contribution is 0.372. The van der Waals surface area contributed by atoms with E-state index in [9.17, 15) is 0 Å². The van der Waals surface area contributed by atoms with E-state index in [2.05, 4.69) is 31.1 Å². The summed E-state index contributed by atoms with van der Waals surface area (Å²) in [5.74, 6) is 0.843. The van der Waals surface area contributed by atoms with E-state index in [1.807, 2.05) is 0 Å². The number of rotatable bonds is 2. The first-order valence-electron chi connectivity index (χ1n) is 4.98. The highest BCUT2D eigenvalue weighted by Gasteiger charge is 2.18. The van der Waals surface area contributed by atoms with Gasteiger partial charge in [-0.15, -0.1) is 0 Å². The van der Waals surface area contributed by atoms with Crippen molar-refractivity contribution in [3.05, 3.63) is 0 Å². The number of hydrogen-bond donors (Lipinski definition) is 1. The Labute approximate surface area is 75.5 Å². The van der Waals surface area contributed by atoms with E-state index in [0.717, 1.165) is 19.0 Å². The Kier molecular flexibility index (Phi) is 3.73. The molecule has 1 aliphatic heterocycles. The molecule has 1 heterocycles. The molecule has 0 aromatic rings. The minimum atomic E-state index is 0.557. The molecule has 1 rings (SSSR count). The first-order valence-corrected chi connectivity index (χ1v) is 4.98. The van der Waals surface area contributed by atoms with E-state index in [0.29, 0.717) is 6.04 Å². The van der Waals surface area contributed by atoms with Gasteiger partial charge in [0.25, 0.3) is 0 Å². The van der Waals surface area contributed by atoms with E-state index in [-0.39, 0.29) is 0 Å². The molecule has 0 aliphatic carbocycles. The van der Waals surface area contributed by atoms with E-state index in [1.54, 1.807) is 0 Å². The number of nitrogens with one attached hydrogen (secondary N) is 1. The Morgan fingerprint density at radius 3 is 2.75 bits per heavy atom. The SMILES string of the molecule is CCN=C(C)C1CCC(C)CN1. The highest BCUT2D eigenvalue weighted by Crippen LogP contribution is 2.14. The van der Waals surface area contributed by atoms with Crippen LogP contribution in [0.5, 0.6) is 0 Å². The summed E-state index contributed by atoms with van der Waals surface area (Å²) in [5.41, 5.74) is 1.28. The van der Waals surface area contributed by atoms with Crippen molar-refractivity contribution in [2.75, 3.05) is 13.1 Å². The van der Waals surface area contributed by atoms with Crippen molar-refractivity contribution in [3.8, 4) is 0 Å². The second-order valence-electron chi connectivity index (χ2n) is 3.76. The van der Waals surface area contributed by atoms with Crippen molar-refractivity contribution in [2.24, 2.45) is 10.9 Å². The van der Waals surface area contributed by atoms with E-state index in [4.69, 9.17) is 0 Å². The van der Waals surface area contributed by atoms with Gasteiger partial charge in [0.1, 0.15) is 0 Å². The van der Waals surface area contributed by atoms with Gasteiger partial charge in [-0.3, -0.25) is 4.99 Å². The van der Waals surface area contributed by atoms with Crippen molar-refractivity contribution < 1.29 is 0 Å². The molecule has 1 fully saturated rings. The van der Waals surface area contributed by atoms with Crippen LogP contribution in [0.25, 0.3) is 0 Å². The van der Waals surface area contributed by atoms with Gasteiger partial charge in [-0.2, -0.15) is 0 Å². The molecule has 0 aromatic heterocycles. The molecule has 2 heteroatoms. The van der Waals surface area contributed by atoms with Crippen LogP contribution in [0.3, 0.4) is 0 Å². The minimum Gasteiger partial charge on any atom is -0.309 e. The van der Waals surface area contributed by atoms with Crippen molar-refractivity contribution in [1.29, 1.82) is 0 Å². The fourth-order valence-electron chi connectivity index (χ4n) is 1.71. The molecule has 0 spiro atoms. The van der Waals surface area contributed by atoms with Crippen molar-refractivity contribution in [3.63, 3.8) is 0 Å². The van der Waals surface area contributed by atoms with Gasteiger partial charge in [-0.1, -0.05) is 6.92 Å². The Hall–Kier alpha value is -0.370. The van der Waals surface area contributed by atoms with Crippen LogP contribution in [0.4, 0.5) is 0 Å². The quantitative estimate of drug-likeness (QED) is 0.625. The average Bonchev–Trinajstić information content (AvgIpc) is 2.06. The lowest BCUT2D eigenvalue weighted by Gasteiger charge is -2.27. The third kappa shape index (κ3) is 2.59. The van der Waals surface area contributed by atoms with Crippen molar-refractivity contribution >= 4 is 5.71 Å². The Bertz CT molecular complexity index is 155. The summed E-state index contributed by atoms with van der Waals surface area (Å²) in [4.78, 5) is 4.43. The number of piperidine rings is 1. The molecule has 2 atom stereocenters. The van der Waals surface area contributed by atoms with Gasteiger partial charge >= 0.3 is 0 Å². The van der Waals surface area contributed by atoms with Gasteiger partial charge in [0.15, 0.2) is 0 Å². The van der Waals surface area contributed by atoms with E-state index in [1.165, 1.54) is 18.6 Å². The maximum Gasteiger partial charge on any atom is 0.0448 e. The van der Waals surface area contributed by atoms with Crippen molar-refractivity contribution in [2.45, 2.75) is 39.7 Å². The number of nitrogens with zero attached hydrogens (tertiary/aromatic N) is 1. The predicted molar refractivity (Wildman–Crippen MR) is 53.8 cm³/mol. The van der Waals surface area contributed by atoms with Crippen LogP contribution >= 0.6 is 0 Å². The fourth-order valence-corrected chi connectivity index (χ4v) is 1.71. The molecule has 12 heavy (non-hydrogen) atoms.